The molecule has 1 spiro atoms. The molecule has 0 amide bonds. The summed E-state index contributed by atoms with van der Waals surface area (Å²) in [6.45, 7) is 2.41. The average molecular weight is 179 g/mol. The van der Waals surface area contributed by atoms with E-state index in [4.69, 9.17) is 5.73 Å². The maximum absolute atomic E-state index is 6.42. The summed E-state index contributed by atoms with van der Waals surface area (Å²) < 4.78 is 0. The molecule has 0 heterocycles. The van der Waals surface area contributed by atoms with Crippen LogP contribution >= 0.6 is 0 Å². The Bertz CT molecular complexity index is 221. The van der Waals surface area contributed by atoms with Gasteiger partial charge in [0.1, 0.15) is 0 Å². The van der Waals surface area contributed by atoms with Crippen molar-refractivity contribution < 1.29 is 0 Å². The van der Waals surface area contributed by atoms with Gasteiger partial charge in [-0.15, -0.1) is 0 Å². The van der Waals surface area contributed by atoms with Crippen LogP contribution in [0.2, 0.25) is 0 Å². The molecule has 0 radical (unpaired) electrons. The van der Waals surface area contributed by atoms with Crippen LogP contribution in [0.15, 0.2) is 0 Å². The summed E-state index contributed by atoms with van der Waals surface area (Å²) in [4.78, 5) is 0. The van der Waals surface area contributed by atoms with Gasteiger partial charge in [0.05, 0.1) is 0 Å². The second-order valence-electron chi connectivity index (χ2n) is 5.88. The highest BCUT2D eigenvalue weighted by Gasteiger charge is 2.58. The van der Waals surface area contributed by atoms with Gasteiger partial charge in [0.15, 0.2) is 0 Å². The first kappa shape index (κ1) is 8.28. The van der Waals surface area contributed by atoms with Gasteiger partial charge in [-0.25, -0.2) is 0 Å². The molecule has 1 nitrogen and oxygen atoms in total. The van der Waals surface area contributed by atoms with Gasteiger partial charge < -0.3 is 5.73 Å². The molecule has 13 heavy (non-hydrogen) atoms. The largest absolute Gasteiger partial charge is 0.327 e. The summed E-state index contributed by atoms with van der Waals surface area (Å²) >= 11 is 0. The van der Waals surface area contributed by atoms with E-state index in [1.807, 2.05) is 0 Å². The summed E-state index contributed by atoms with van der Waals surface area (Å²) in [6, 6.07) is 0.566. The van der Waals surface area contributed by atoms with Crippen LogP contribution in [0, 0.1) is 23.2 Å². The summed E-state index contributed by atoms with van der Waals surface area (Å²) in [6.07, 6.45) is 8.71. The first-order chi connectivity index (χ1) is 6.22. The zero-order valence-corrected chi connectivity index (χ0v) is 8.63. The first-order valence-electron chi connectivity index (χ1n) is 5.98. The number of nitrogens with two attached hydrogens (primary N) is 1. The second-order valence-corrected chi connectivity index (χ2v) is 5.88. The summed E-state index contributed by atoms with van der Waals surface area (Å²) in [5.74, 6) is 2.86. The average Bonchev–Trinajstić information content (AvgIpc) is 2.73. The monoisotopic (exact) mass is 179 g/mol. The van der Waals surface area contributed by atoms with E-state index in [2.05, 4.69) is 6.92 Å². The molecule has 5 atom stereocenters. The third-order valence-corrected chi connectivity index (χ3v) is 5.29. The van der Waals surface area contributed by atoms with Crippen LogP contribution in [-0.2, 0) is 0 Å². The molecule has 0 aromatic carbocycles. The molecule has 0 aromatic rings. The van der Waals surface area contributed by atoms with Crippen molar-refractivity contribution in [3.05, 3.63) is 0 Å². The molecule has 0 saturated heterocycles. The molecule has 3 fully saturated rings. The molecule has 3 rings (SSSR count). The van der Waals surface area contributed by atoms with Gasteiger partial charge in [0.2, 0.25) is 0 Å². The Hall–Kier alpha value is -0.0400. The van der Waals surface area contributed by atoms with E-state index < -0.39 is 0 Å². The molecule has 0 unspecified atom stereocenters. The first-order valence-corrected chi connectivity index (χ1v) is 5.98. The van der Waals surface area contributed by atoms with Crippen molar-refractivity contribution in [3.63, 3.8) is 0 Å². The topological polar surface area (TPSA) is 26.0 Å². The molecular formula is C12H21N. The predicted octanol–water partition coefficient (Wildman–Crippen LogP) is 2.55. The molecule has 2 N–H and O–H groups in total. The van der Waals surface area contributed by atoms with E-state index >= 15 is 0 Å². The van der Waals surface area contributed by atoms with Gasteiger partial charge in [0, 0.05) is 6.04 Å². The normalized spacial score (nSPS) is 59.5. The Morgan fingerprint density at radius 2 is 2.08 bits per heavy atom. The van der Waals surface area contributed by atoms with Crippen molar-refractivity contribution in [1.82, 2.24) is 0 Å². The Kier molecular flexibility index (Phi) is 1.59. The SMILES string of the molecule is C[C@@H]1CC[C@]2(C1)[C@H]1CC[C@H](C1)[C@H]2N. The van der Waals surface area contributed by atoms with Crippen LogP contribution in [0.4, 0.5) is 0 Å². The van der Waals surface area contributed by atoms with Crippen LogP contribution in [0.25, 0.3) is 0 Å². The minimum atomic E-state index is 0.566. The fourth-order valence-electron chi connectivity index (χ4n) is 4.65. The van der Waals surface area contributed by atoms with E-state index in [0.717, 1.165) is 17.8 Å². The third kappa shape index (κ3) is 0.918. The zero-order chi connectivity index (χ0) is 9.05. The van der Waals surface area contributed by atoms with Crippen LogP contribution in [0.3, 0.4) is 0 Å². The summed E-state index contributed by atoms with van der Waals surface area (Å²) in [5, 5.41) is 0. The molecular weight excluding hydrogens is 158 g/mol. The standard InChI is InChI=1S/C12H21N/c1-8-4-5-12(7-8)10-3-2-9(6-10)11(12)13/h8-11H,2-7,13H2,1H3/t8-,9-,10+,11-,12+/m1/s1. The number of hydrogen-bond acceptors (Lipinski definition) is 1. The van der Waals surface area contributed by atoms with Crippen LogP contribution in [0.5, 0.6) is 0 Å². The molecule has 2 bridgehead atoms. The van der Waals surface area contributed by atoms with Crippen molar-refractivity contribution in [2.75, 3.05) is 0 Å². The Morgan fingerprint density at radius 3 is 2.62 bits per heavy atom. The van der Waals surface area contributed by atoms with E-state index in [9.17, 15) is 0 Å². The highest BCUT2D eigenvalue weighted by Crippen LogP contribution is 2.62. The van der Waals surface area contributed by atoms with Gasteiger partial charge in [-0.3, -0.25) is 0 Å². The van der Waals surface area contributed by atoms with Crippen molar-refractivity contribution in [2.45, 2.75) is 51.5 Å². The zero-order valence-electron chi connectivity index (χ0n) is 8.63. The highest BCUT2D eigenvalue weighted by molar-refractivity contribution is 5.10. The van der Waals surface area contributed by atoms with E-state index in [1.54, 1.807) is 0 Å². The van der Waals surface area contributed by atoms with Gasteiger partial charge in [-0.05, 0) is 55.3 Å². The fraction of sp³-hybridized carbons (Fsp3) is 1.00. The fourth-order valence-corrected chi connectivity index (χ4v) is 4.65. The lowest BCUT2D eigenvalue weighted by atomic mass is 9.68. The Labute approximate surface area is 81.1 Å². The molecule has 3 aliphatic rings. The third-order valence-electron chi connectivity index (χ3n) is 5.29. The molecule has 1 heteroatoms. The lowest BCUT2D eigenvalue weighted by Crippen LogP contribution is -2.44. The van der Waals surface area contributed by atoms with Crippen molar-refractivity contribution in [3.8, 4) is 0 Å². The minimum absolute atomic E-state index is 0.566. The minimum Gasteiger partial charge on any atom is -0.327 e. The maximum atomic E-state index is 6.42. The molecule has 0 aliphatic heterocycles. The van der Waals surface area contributed by atoms with Gasteiger partial charge in [-0.2, -0.15) is 0 Å². The smallest absolute Gasteiger partial charge is 0.0127 e. The molecule has 3 saturated carbocycles. The molecule has 3 aliphatic carbocycles. The quantitative estimate of drug-likeness (QED) is 0.607. The Morgan fingerprint density at radius 1 is 1.23 bits per heavy atom. The second kappa shape index (κ2) is 2.50. The number of fused-ring (bicyclic) bond motifs is 3. The van der Waals surface area contributed by atoms with Crippen molar-refractivity contribution in [1.29, 1.82) is 0 Å². The molecule has 0 aromatic heterocycles. The molecule has 74 valence electrons. The van der Waals surface area contributed by atoms with Gasteiger partial charge >= 0.3 is 0 Å². The van der Waals surface area contributed by atoms with Gasteiger partial charge in [-0.1, -0.05) is 13.3 Å². The Balaban J connectivity index is 1.90. The van der Waals surface area contributed by atoms with E-state index in [1.165, 1.54) is 38.5 Å². The lowest BCUT2D eigenvalue weighted by molar-refractivity contribution is 0.134. The van der Waals surface area contributed by atoms with Crippen molar-refractivity contribution in [2.24, 2.45) is 28.9 Å². The predicted molar refractivity (Wildman–Crippen MR) is 54.3 cm³/mol. The number of hydrogen-bond donors (Lipinski definition) is 1. The summed E-state index contributed by atoms with van der Waals surface area (Å²) in [5.41, 5.74) is 7.04. The summed E-state index contributed by atoms with van der Waals surface area (Å²) in [7, 11) is 0. The van der Waals surface area contributed by atoms with Crippen LogP contribution in [0.1, 0.15) is 45.4 Å². The van der Waals surface area contributed by atoms with E-state index in [-0.39, 0.29) is 0 Å². The van der Waals surface area contributed by atoms with Crippen molar-refractivity contribution >= 4 is 0 Å². The van der Waals surface area contributed by atoms with E-state index in [0.29, 0.717) is 11.5 Å². The number of rotatable bonds is 0. The maximum Gasteiger partial charge on any atom is 0.0127 e. The lowest BCUT2D eigenvalue weighted by Gasteiger charge is -2.39. The highest BCUT2D eigenvalue weighted by atomic mass is 14.8. The van der Waals surface area contributed by atoms with Crippen LogP contribution in [-0.4, -0.2) is 6.04 Å². The van der Waals surface area contributed by atoms with Crippen LogP contribution < -0.4 is 5.73 Å². The van der Waals surface area contributed by atoms with Gasteiger partial charge in [0.25, 0.3) is 0 Å².